The molecule has 19 heavy (non-hydrogen) atoms. The largest absolute Gasteiger partial charge is 0.399 e. The zero-order valence-corrected chi connectivity index (χ0v) is 12.5. The van der Waals surface area contributed by atoms with Gasteiger partial charge < -0.3 is 16.2 Å². The van der Waals surface area contributed by atoms with Crippen molar-refractivity contribution in [2.24, 2.45) is 0 Å². The molecule has 0 spiro atoms. The molecular weight excluding hydrogens is 260 g/mol. The number of rotatable bonds is 6. The van der Waals surface area contributed by atoms with Gasteiger partial charge in [-0.15, -0.1) is 0 Å². The van der Waals surface area contributed by atoms with Crippen molar-refractivity contribution in [3.05, 3.63) is 23.8 Å². The van der Waals surface area contributed by atoms with Gasteiger partial charge in [0.2, 0.25) is 5.91 Å². The number of nitrogens with two attached hydrogens (primary N) is 1. The number of hydrogen-bond donors (Lipinski definition) is 3. The maximum absolute atomic E-state index is 11.8. The zero-order chi connectivity index (χ0) is 14.4. The second kappa shape index (κ2) is 7.40. The van der Waals surface area contributed by atoms with Crippen LogP contribution in [0.3, 0.4) is 0 Å². The number of carbonyl (C=O) groups is 1. The van der Waals surface area contributed by atoms with Gasteiger partial charge in [-0.3, -0.25) is 4.79 Å². The average Bonchev–Trinajstić information content (AvgIpc) is 2.32. The van der Waals surface area contributed by atoms with Gasteiger partial charge in [0, 0.05) is 28.8 Å². The van der Waals surface area contributed by atoms with Gasteiger partial charge in [0.25, 0.3) is 0 Å². The molecule has 4 N–H and O–H groups in total. The summed E-state index contributed by atoms with van der Waals surface area (Å²) in [7, 11) is 0. The van der Waals surface area contributed by atoms with Crippen molar-refractivity contribution < 1.29 is 9.90 Å². The smallest absolute Gasteiger partial charge is 0.225 e. The van der Waals surface area contributed by atoms with Crippen LogP contribution in [0.15, 0.2) is 18.2 Å². The number of carbonyl (C=O) groups excluding carboxylic acids is 1. The third-order valence-electron chi connectivity index (χ3n) is 2.91. The van der Waals surface area contributed by atoms with Gasteiger partial charge in [0.15, 0.2) is 0 Å². The highest BCUT2D eigenvalue weighted by atomic mass is 32.2. The lowest BCUT2D eigenvalue weighted by molar-refractivity contribution is -0.115. The number of amides is 1. The highest BCUT2D eigenvalue weighted by molar-refractivity contribution is 7.99. The summed E-state index contributed by atoms with van der Waals surface area (Å²) in [5.41, 5.74) is 8.11. The Morgan fingerprint density at radius 2 is 2.16 bits per heavy atom. The van der Waals surface area contributed by atoms with E-state index in [0.29, 0.717) is 17.9 Å². The number of aryl methyl sites for hydroxylation is 1. The number of anilines is 2. The molecule has 0 aliphatic heterocycles. The Bertz CT molecular complexity index is 435. The first-order valence-corrected chi connectivity index (χ1v) is 7.40. The Kier molecular flexibility index (Phi) is 6.18. The molecule has 0 saturated heterocycles. The van der Waals surface area contributed by atoms with Crippen molar-refractivity contribution in [3.8, 4) is 0 Å². The molecule has 1 rings (SSSR count). The summed E-state index contributed by atoms with van der Waals surface area (Å²) in [5, 5.41) is 12.4. The molecule has 0 fully saturated rings. The van der Waals surface area contributed by atoms with Gasteiger partial charge in [0.1, 0.15) is 0 Å². The van der Waals surface area contributed by atoms with Crippen molar-refractivity contribution >= 4 is 29.0 Å². The molecule has 1 aromatic rings. The SMILES string of the molecule is Cc1cc(N)ccc1NC(=O)CCSC(C)C(C)O. The molecule has 2 atom stereocenters. The Labute approximate surface area is 118 Å². The van der Waals surface area contributed by atoms with Crippen LogP contribution in [0.25, 0.3) is 0 Å². The van der Waals surface area contributed by atoms with E-state index < -0.39 is 0 Å². The second-order valence-electron chi connectivity index (χ2n) is 4.69. The van der Waals surface area contributed by atoms with Crippen molar-refractivity contribution in [1.29, 1.82) is 0 Å². The highest BCUT2D eigenvalue weighted by Crippen LogP contribution is 2.19. The molecule has 0 aromatic heterocycles. The van der Waals surface area contributed by atoms with Gasteiger partial charge in [0.05, 0.1) is 6.10 Å². The molecule has 106 valence electrons. The van der Waals surface area contributed by atoms with Crippen molar-refractivity contribution in [1.82, 2.24) is 0 Å². The molecule has 0 aliphatic rings. The van der Waals surface area contributed by atoms with Crippen molar-refractivity contribution in [2.75, 3.05) is 16.8 Å². The van der Waals surface area contributed by atoms with Crippen LogP contribution in [0.1, 0.15) is 25.8 Å². The lowest BCUT2D eigenvalue weighted by Gasteiger charge is -2.14. The molecule has 0 saturated carbocycles. The Morgan fingerprint density at radius 1 is 1.47 bits per heavy atom. The fourth-order valence-electron chi connectivity index (χ4n) is 1.52. The van der Waals surface area contributed by atoms with E-state index in [0.717, 1.165) is 11.3 Å². The quantitative estimate of drug-likeness (QED) is 0.700. The third kappa shape index (κ3) is 5.53. The van der Waals surface area contributed by atoms with E-state index in [1.165, 1.54) is 0 Å². The van der Waals surface area contributed by atoms with E-state index >= 15 is 0 Å². The van der Waals surface area contributed by atoms with E-state index in [1.54, 1.807) is 24.8 Å². The monoisotopic (exact) mass is 282 g/mol. The molecule has 5 heteroatoms. The van der Waals surface area contributed by atoms with Crippen molar-refractivity contribution in [3.63, 3.8) is 0 Å². The van der Waals surface area contributed by atoms with Crippen molar-refractivity contribution in [2.45, 2.75) is 38.5 Å². The van der Waals surface area contributed by atoms with E-state index in [2.05, 4.69) is 5.32 Å². The van der Waals surface area contributed by atoms with Gasteiger partial charge in [-0.1, -0.05) is 6.92 Å². The standard InChI is InChI=1S/C14H22N2O2S/c1-9-8-12(15)4-5-13(9)16-14(18)6-7-19-11(3)10(2)17/h4-5,8,10-11,17H,6-7,15H2,1-3H3,(H,16,18). The summed E-state index contributed by atoms with van der Waals surface area (Å²) < 4.78 is 0. The third-order valence-corrected chi connectivity index (χ3v) is 4.27. The summed E-state index contributed by atoms with van der Waals surface area (Å²) in [4.78, 5) is 11.8. The summed E-state index contributed by atoms with van der Waals surface area (Å²) >= 11 is 1.60. The molecule has 2 unspecified atom stereocenters. The molecule has 0 radical (unpaired) electrons. The lowest BCUT2D eigenvalue weighted by Crippen LogP contribution is -2.18. The molecule has 0 aliphatic carbocycles. The number of aliphatic hydroxyl groups is 1. The topological polar surface area (TPSA) is 75.3 Å². The molecule has 1 aromatic carbocycles. The van der Waals surface area contributed by atoms with Crippen LogP contribution in [0, 0.1) is 6.92 Å². The minimum atomic E-state index is -0.354. The van der Waals surface area contributed by atoms with Gasteiger partial charge in [-0.25, -0.2) is 0 Å². The predicted molar refractivity (Wildman–Crippen MR) is 82.4 cm³/mol. The first-order valence-electron chi connectivity index (χ1n) is 6.35. The summed E-state index contributed by atoms with van der Waals surface area (Å²) in [6, 6.07) is 5.42. The average molecular weight is 282 g/mol. The van der Waals surface area contributed by atoms with E-state index in [4.69, 9.17) is 5.73 Å². The Balaban J connectivity index is 2.39. The highest BCUT2D eigenvalue weighted by Gasteiger charge is 2.10. The number of nitrogens with one attached hydrogen (secondary N) is 1. The minimum Gasteiger partial charge on any atom is -0.399 e. The van der Waals surface area contributed by atoms with Gasteiger partial charge in [-0.05, 0) is 37.6 Å². The molecular formula is C14H22N2O2S. The predicted octanol–water partition coefficient (Wildman–Crippen LogP) is 2.41. The number of thioether (sulfide) groups is 1. The van der Waals surface area contributed by atoms with Crippen LogP contribution in [0.5, 0.6) is 0 Å². The summed E-state index contributed by atoms with van der Waals surface area (Å²) in [6.07, 6.45) is 0.0818. The number of hydrogen-bond acceptors (Lipinski definition) is 4. The Hall–Kier alpha value is -1.20. The molecule has 1 amide bonds. The number of aliphatic hydroxyl groups excluding tert-OH is 1. The van der Waals surface area contributed by atoms with E-state index in [1.807, 2.05) is 26.0 Å². The van der Waals surface area contributed by atoms with Crippen LogP contribution in [-0.2, 0) is 4.79 Å². The summed E-state index contributed by atoms with van der Waals surface area (Å²) in [6.45, 7) is 5.63. The van der Waals surface area contributed by atoms with E-state index in [9.17, 15) is 9.90 Å². The van der Waals surface area contributed by atoms with Crippen LogP contribution in [0.2, 0.25) is 0 Å². The van der Waals surface area contributed by atoms with Crippen LogP contribution in [0.4, 0.5) is 11.4 Å². The maximum atomic E-state index is 11.8. The molecule has 0 heterocycles. The second-order valence-corrected chi connectivity index (χ2v) is 6.17. The molecule has 4 nitrogen and oxygen atoms in total. The maximum Gasteiger partial charge on any atom is 0.225 e. The van der Waals surface area contributed by atoms with Crippen LogP contribution >= 0.6 is 11.8 Å². The normalized spacial score (nSPS) is 13.9. The van der Waals surface area contributed by atoms with Crippen LogP contribution < -0.4 is 11.1 Å². The first kappa shape index (κ1) is 15.9. The number of nitrogen functional groups attached to an aromatic ring is 1. The fourth-order valence-corrected chi connectivity index (χ4v) is 2.47. The Morgan fingerprint density at radius 3 is 2.74 bits per heavy atom. The zero-order valence-electron chi connectivity index (χ0n) is 11.6. The first-order chi connectivity index (χ1) is 8.90. The molecule has 0 bridgehead atoms. The summed E-state index contributed by atoms with van der Waals surface area (Å²) in [5.74, 6) is 0.685. The minimum absolute atomic E-state index is 0.0156. The number of benzene rings is 1. The van der Waals surface area contributed by atoms with Gasteiger partial charge in [-0.2, -0.15) is 11.8 Å². The fraction of sp³-hybridized carbons (Fsp3) is 0.500. The van der Waals surface area contributed by atoms with E-state index in [-0.39, 0.29) is 17.3 Å². The lowest BCUT2D eigenvalue weighted by atomic mass is 10.2. The van der Waals surface area contributed by atoms with Gasteiger partial charge >= 0.3 is 0 Å². The van der Waals surface area contributed by atoms with Crippen LogP contribution in [-0.4, -0.2) is 28.1 Å².